The third-order valence-electron chi connectivity index (χ3n) is 0.808. The van der Waals surface area contributed by atoms with Crippen LogP contribution in [-0.2, 0) is 0 Å². The summed E-state index contributed by atoms with van der Waals surface area (Å²) in [5, 5.41) is 10.5. The van der Waals surface area contributed by atoms with E-state index in [1.807, 2.05) is 0 Å². The van der Waals surface area contributed by atoms with Gasteiger partial charge in [0.15, 0.2) is 0 Å². The average Bonchev–Trinajstić information content (AvgIpc) is 1.79. The number of allylic oxidation sites excluding steroid dienone is 3. The Kier molecular flexibility index (Phi) is 1.80. The first-order valence-corrected chi connectivity index (χ1v) is 2.55. The van der Waals surface area contributed by atoms with Crippen LogP contribution in [0.2, 0.25) is 0 Å². The largest absolute Gasteiger partial charge is 0.711 e. The number of aliphatic imine (C=N–C) groups is 1. The van der Waals surface area contributed by atoms with Crippen molar-refractivity contribution in [3.8, 4) is 0 Å². The molecule has 0 atom stereocenters. The first-order valence-electron chi connectivity index (χ1n) is 2.55. The number of hydrogen-bond acceptors (Lipinski definition) is 2. The molecule has 1 rings (SSSR count). The van der Waals surface area contributed by atoms with Crippen LogP contribution in [0, 0.1) is 5.21 Å². The van der Waals surface area contributed by atoms with E-state index in [9.17, 15) is 5.21 Å². The van der Waals surface area contributed by atoms with Gasteiger partial charge in [-0.3, -0.25) is 0 Å². The van der Waals surface area contributed by atoms with E-state index in [4.69, 9.17) is 0 Å². The Morgan fingerprint density at radius 1 is 1.22 bits per heavy atom. The molecule has 0 saturated carbocycles. The number of hydrogen-bond donors (Lipinski definition) is 0. The summed E-state index contributed by atoms with van der Waals surface area (Å²) in [5.74, 6) is 0. The van der Waals surface area contributed by atoms with Gasteiger partial charge in [-0.05, 0) is 12.2 Å². The highest BCUT2D eigenvalue weighted by molar-refractivity contribution is 5.79. The lowest BCUT2D eigenvalue weighted by Gasteiger charge is -1.96. The second-order valence-corrected chi connectivity index (χ2v) is 1.50. The van der Waals surface area contributed by atoms with Crippen LogP contribution in [0.4, 0.5) is 0 Å². The lowest BCUT2D eigenvalue weighted by atomic mass is 10.5. The molecule has 0 aromatic carbocycles. The van der Waals surface area contributed by atoms with Crippen molar-refractivity contribution in [2.75, 3.05) is 0 Å². The Bertz CT molecular complexity index is 201. The summed E-state index contributed by atoms with van der Waals surface area (Å²) in [6.45, 7) is 0. The van der Waals surface area contributed by atoms with Crippen molar-refractivity contribution in [2.45, 2.75) is 0 Å². The zero-order valence-electron chi connectivity index (χ0n) is 4.77. The van der Waals surface area contributed by atoms with Crippen LogP contribution >= 0.6 is 0 Å². The Balaban J connectivity index is 2.77. The first-order chi connectivity index (χ1) is 4.39. The lowest BCUT2D eigenvalue weighted by Crippen LogP contribution is -1.93. The molecule has 0 aliphatic carbocycles. The first kappa shape index (κ1) is 5.75. The molecule has 0 N–H and O–H groups in total. The number of rotatable bonds is 0. The molecule has 0 fully saturated rings. The van der Waals surface area contributed by atoms with Crippen LogP contribution in [0.15, 0.2) is 29.4 Å². The average molecular weight is 122 g/mol. The maximum Gasteiger partial charge on any atom is 0.289 e. The van der Waals surface area contributed by atoms with E-state index in [1.54, 1.807) is 24.4 Å². The molecule has 0 saturated heterocycles. The van der Waals surface area contributed by atoms with E-state index in [0.717, 1.165) is 0 Å². The smallest absolute Gasteiger partial charge is 0.289 e. The summed E-state index contributed by atoms with van der Waals surface area (Å²) >= 11 is 0. The van der Waals surface area contributed by atoms with Crippen molar-refractivity contribution in [1.29, 1.82) is 0 Å². The van der Waals surface area contributed by atoms with E-state index in [2.05, 4.69) is 4.99 Å². The summed E-state index contributed by atoms with van der Waals surface area (Å²) in [7, 11) is 0. The van der Waals surface area contributed by atoms with Gasteiger partial charge in [-0.15, -0.1) is 0 Å². The lowest BCUT2D eigenvalue weighted by molar-refractivity contribution is -0.373. The third kappa shape index (κ3) is 1.90. The van der Waals surface area contributed by atoms with Gasteiger partial charge < -0.3 is 5.21 Å². The quantitative estimate of drug-likeness (QED) is 0.344. The summed E-state index contributed by atoms with van der Waals surface area (Å²) in [5.41, 5.74) is 0. The highest BCUT2D eigenvalue weighted by Crippen LogP contribution is 1.80. The molecule has 0 spiro atoms. The minimum atomic E-state index is 0.639. The Hall–Kier alpha value is -1.38. The maximum absolute atomic E-state index is 10.5. The van der Waals surface area contributed by atoms with Crippen molar-refractivity contribution in [3.05, 3.63) is 29.6 Å². The second kappa shape index (κ2) is 2.81. The number of nitrogens with zero attached hydrogens (tertiary/aromatic N) is 2. The topological polar surface area (TPSA) is 38.4 Å². The van der Waals surface area contributed by atoms with E-state index in [1.165, 1.54) is 12.5 Å². The fourth-order valence-corrected chi connectivity index (χ4v) is 0.441. The Labute approximate surface area is 52.9 Å². The SMILES string of the molecule is [O-][N+]1=CN=CC=CC=C1. The van der Waals surface area contributed by atoms with Crippen LogP contribution in [0.5, 0.6) is 0 Å². The van der Waals surface area contributed by atoms with Crippen LogP contribution in [-0.4, -0.2) is 17.3 Å². The Morgan fingerprint density at radius 3 is 3.00 bits per heavy atom. The summed E-state index contributed by atoms with van der Waals surface area (Å²) in [6, 6.07) is 0. The molecule has 0 amide bonds. The van der Waals surface area contributed by atoms with Crippen LogP contribution in [0.3, 0.4) is 0 Å². The van der Waals surface area contributed by atoms with Gasteiger partial charge in [0.2, 0.25) is 0 Å². The van der Waals surface area contributed by atoms with Gasteiger partial charge in [-0.1, -0.05) is 11.1 Å². The van der Waals surface area contributed by atoms with Gasteiger partial charge in [0.1, 0.15) is 6.21 Å². The van der Waals surface area contributed by atoms with Crippen LogP contribution in [0.1, 0.15) is 0 Å². The van der Waals surface area contributed by atoms with Gasteiger partial charge in [0.25, 0.3) is 6.34 Å². The second-order valence-electron chi connectivity index (χ2n) is 1.50. The molecular weight excluding hydrogens is 116 g/mol. The zero-order chi connectivity index (χ0) is 6.53. The predicted molar refractivity (Wildman–Crippen MR) is 36.5 cm³/mol. The molecule has 9 heavy (non-hydrogen) atoms. The highest BCUT2D eigenvalue weighted by Gasteiger charge is 1.79. The van der Waals surface area contributed by atoms with Gasteiger partial charge in [-0.25, -0.2) is 4.74 Å². The molecule has 1 heterocycles. The molecule has 1 aliphatic rings. The fourth-order valence-electron chi connectivity index (χ4n) is 0.441. The normalized spacial score (nSPS) is 16.7. The number of hydroxylamine groups is 1. The van der Waals surface area contributed by atoms with Gasteiger partial charge in [-0.2, -0.15) is 0 Å². The Morgan fingerprint density at radius 2 is 2.11 bits per heavy atom. The molecule has 0 radical (unpaired) electrons. The molecule has 46 valence electrons. The predicted octanol–water partition coefficient (Wildman–Crippen LogP) is 0.679. The summed E-state index contributed by atoms with van der Waals surface area (Å²) < 4.78 is 0.639. The molecule has 3 nitrogen and oxygen atoms in total. The molecule has 0 aromatic rings. The van der Waals surface area contributed by atoms with E-state index in [-0.39, 0.29) is 0 Å². The molecule has 0 unspecified atom stereocenters. The van der Waals surface area contributed by atoms with Crippen molar-refractivity contribution in [2.24, 2.45) is 4.99 Å². The van der Waals surface area contributed by atoms with Crippen molar-refractivity contribution < 1.29 is 4.74 Å². The third-order valence-corrected chi connectivity index (χ3v) is 0.808. The monoisotopic (exact) mass is 122 g/mol. The molecular formula is C6H6N2O. The summed E-state index contributed by atoms with van der Waals surface area (Å²) in [4.78, 5) is 3.64. The van der Waals surface area contributed by atoms with E-state index < -0.39 is 0 Å². The van der Waals surface area contributed by atoms with E-state index >= 15 is 0 Å². The molecule has 0 bridgehead atoms. The highest BCUT2D eigenvalue weighted by atomic mass is 16.5. The zero-order valence-corrected chi connectivity index (χ0v) is 4.77. The van der Waals surface area contributed by atoms with Crippen molar-refractivity contribution in [3.63, 3.8) is 0 Å². The van der Waals surface area contributed by atoms with Gasteiger partial charge in [0.05, 0.1) is 6.20 Å². The molecule has 0 aromatic heterocycles. The van der Waals surface area contributed by atoms with Crippen molar-refractivity contribution >= 4 is 12.6 Å². The summed E-state index contributed by atoms with van der Waals surface area (Å²) in [6.07, 6.45) is 9.26. The maximum atomic E-state index is 10.5. The van der Waals surface area contributed by atoms with E-state index in [0.29, 0.717) is 4.74 Å². The van der Waals surface area contributed by atoms with Gasteiger partial charge >= 0.3 is 0 Å². The standard InChI is InChI=1S/C6H6N2O/c9-8-5-3-1-2-4-7-6-8/h1-6H. The molecule has 1 aliphatic heterocycles. The minimum Gasteiger partial charge on any atom is -0.711 e. The van der Waals surface area contributed by atoms with Crippen molar-refractivity contribution in [1.82, 2.24) is 0 Å². The minimum absolute atomic E-state index is 0.639. The van der Waals surface area contributed by atoms with Crippen LogP contribution < -0.4 is 0 Å². The molecule has 3 heteroatoms. The fraction of sp³-hybridized carbons (Fsp3) is 0. The van der Waals surface area contributed by atoms with Crippen LogP contribution in [0.25, 0.3) is 0 Å². The van der Waals surface area contributed by atoms with Gasteiger partial charge in [0, 0.05) is 0 Å².